The van der Waals surface area contributed by atoms with Crippen molar-refractivity contribution in [1.82, 2.24) is 4.98 Å². The highest BCUT2D eigenvalue weighted by Gasteiger charge is 2.12. The minimum Gasteiger partial charge on any atom is -1.00 e. The zero-order valence-electron chi connectivity index (χ0n) is 17.4. The number of rotatable bonds is 8. The van der Waals surface area contributed by atoms with E-state index in [0.29, 0.717) is 10.6 Å². The first kappa shape index (κ1) is 23.8. The number of nitro benzene ring substituents is 1. The van der Waals surface area contributed by atoms with Gasteiger partial charge in [-0.1, -0.05) is 11.3 Å². The van der Waals surface area contributed by atoms with Gasteiger partial charge < -0.3 is 26.4 Å². The van der Waals surface area contributed by atoms with Crippen molar-refractivity contribution < 1.29 is 26.4 Å². The van der Waals surface area contributed by atoms with Crippen molar-refractivity contribution in [2.24, 2.45) is 10.2 Å². The van der Waals surface area contributed by atoms with E-state index in [-0.39, 0.29) is 22.7 Å². The number of likely N-dealkylation sites (N-methyl/N-ethyl adjacent to an activating group) is 2. The van der Waals surface area contributed by atoms with Gasteiger partial charge in [0.2, 0.25) is 5.13 Å². The van der Waals surface area contributed by atoms with Crippen LogP contribution in [-0.2, 0) is 0 Å². The number of aromatic nitrogens is 1. The number of quaternary nitrogens is 1. The number of azo groups is 1. The minimum atomic E-state index is -0.415. The Balaban J connectivity index is 0.00000320. The van der Waals surface area contributed by atoms with Crippen LogP contribution in [0.4, 0.5) is 22.2 Å². The molecule has 10 heteroatoms. The van der Waals surface area contributed by atoms with E-state index in [1.54, 1.807) is 6.07 Å². The first-order valence-electron chi connectivity index (χ1n) is 9.37. The summed E-state index contributed by atoms with van der Waals surface area (Å²) >= 11 is 1.28. The third-order valence-corrected chi connectivity index (χ3v) is 5.36. The molecule has 30 heavy (non-hydrogen) atoms. The van der Waals surface area contributed by atoms with Crippen LogP contribution < -0.4 is 21.9 Å². The van der Waals surface area contributed by atoms with Crippen molar-refractivity contribution in [2.45, 2.75) is 6.92 Å². The van der Waals surface area contributed by atoms with Crippen molar-refractivity contribution in [2.75, 3.05) is 45.7 Å². The number of thiazole rings is 1. The van der Waals surface area contributed by atoms with Crippen molar-refractivity contribution in [3.8, 4) is 0 Å². The molecule has 0 aliphatic carbocycles. The molecule has 1 aromatic heterocycles. The maximum Gasteiger partial charge on any atom is 0.270 e. The van der Waals surface area contributed by atoms with Crippen LogP contribution in [0.2, 0.25) is 0 Å². The van der Waals surface area contributed by atoms with Gasteiger partial charge in [-0.2, -0.15) is 0 Å². The van der Waals surface area contributed by atoms with Gasteiger partial charge in [0.1, 0.15) is 0 Å². The average Bonchev–Trinajstić information content (AvgIpc) is 3.09. The van der Waals surface area contributed by atoms with E-state index in [0.717, 1.165) is 40.2 Å². The van der Waals surface area contributed by atoms with Gasteiger partial charge in [0, 0.05) is 24.4 Å². The van der Waals surface area contributed by atoms with Crippen LogP contribution in [0.3, 0.4) is 0 Å². The zero-order chi connectivity index (χ0) is 21.0. The van der Waals surface area contributed by atoms with E-state index in [1.807, 2.05) is 12.1 Å². The Morgan fingerprint density at radius 2 is 1.83 bits per heavy atom. The Morgan fingerprint density at radius 1 is 1.13 bits per heavy atom. The van der Waals surface area contributed by atoms with E-state index in [2.05, 4.69) is 60.3 Å². The third-order valence-electron chi connectivity index (χ3n) is 4.46. The number of hydrogen-bond donors (Lipinski definition) is 0. The minimum absolute atomic E-state index is 0. The molecule has 1 heterocycles. The topological polar surface area (TPSA) is 84.0 Å². The molecule has 0 unspecified atom stereocenters. The van der Waals surface area contributed by atoms with Crippen molar-refractivity contribution >= 4 is 43.7 Å². The van der Waals surface area contributed by atoms with Gasteiger partial charge in [0.25, 0.3) is 5.69 Å². The molecule has 8 nitrogen and oxygen atoms in total. The Labute approximate surface area is 190 Å². The number of anilines is 1. The lowest BCUT2D eigenvalue weighted by Gasteiger charge is -2.29. The summed E-state index contributed by atoms with van der Waals surface area (Å²) in [5.74, 6) is 0. The van der Waals surface area contributed by atoms with Gasteiger partial charge in [-0.25, -0.2) is 4.98 Å². The summed E-state index contributed by atoms with van der Waals surface area (Å²) in [6.45, 7) is 5.14. The molecule has 0 amide bonds. The molecule has 0 spiro atoms. The lowest BCUT2D eigenvalue weighted by atomic mass is 10.2. The molecule has 0 radical (unpaired) electrons. The first-order chi connectivity index (χ1) is 13.7. The Bertz CT molecular complexity index is 1030. The predicted molar refractivity (Wildman–Crippen MR) is 118 cm³/mol. The van der Waals surface area contributed by atoms with Gasteiger partial charge >= 0.3 is 0 Å². The van der Waals surface area contributed by atoms with E-state index in [9.17, 15) is 10.1 Å². The molecule has 160 valence electrons. The third kappa shape index (κ3) is 6.28. The molecular formula is C20H25BrN6O2S. The fourth-order valence-corrected chi connectivity index (χ4v) is 3.60. The number of fused-ring (bicyclic) bond motifs is 1. The molecule has 0 atom stereocenters. The highest BCUT2D eigenvalue weighted by Crippen LogP contribution is 2.32. The van der Waals surface area contributed by atoms with E-state index >= 15 is 0 Å². The molecule has 3 rings (SSSR count). The fourth-order valence-electron chi connectivity index (χ4n) is 2.78. The van der Waals surface area contributed by atoms with Crippen molar-refractivity contribution in [3.05, 3.63) is 52.6 Å². The largest absolute Gasteiger partial charge is 1.00 e. The molecule has 0 bridgehead atoms. The zero-order valence-corrected chi connectivity index (χ0v) is 19.9. The normalized spacial score (nSPS) is 11.6. The molecule has 3 aromatic rings. The maximum atomic E-state index is 10.9. The summed E-state index contributed by atoms with van der Waals surface area (Å²) in [5, 5.41) is 19.8. The standard InChI is InChI=1S/C20H25N6O2S.BrH/c1-5-24(12-13-26(2,3)4)16-8-6-15(7-9-16)22-23-20-21-18-11-10-17(25(27)28)14-19(18)29-20;/h6-11,14H,5,12-13H2,1-4H3;1H/q+1;/p-1. The lowest BCUT2D eigenvalue weighted by Crippen LogP contribution is -3.00. The summed E-state index contributed by atoms with van der Waals surface area (Å²) in [4.78, 5) is 17.2. The predicted octanol–water partition coefficient (Wildman–Crippen LogP) is 2.16. The van der Waals surface area contributed by atoms with Crippen LogP contribution in [0, 0.1) is 10.1 Å². The second-order valence-electron chi connectivity index (χ2n) is 7.72. The van der Waals surface area contributed by atoms with E-state index in [1.165, 1.54) is 23.5 Å². The molecular weight excluding hydrogens is 468 g/mol. The Kier molecular flexibility index (Phi) is 7.99. The SMILES string of the molecule is CCN(CC[N+](C)(C)C)c1ccc(N=Nc2nc3ccc([N+](=O)[O-])cc3s2)cc1.[Br-]. The summed E-state index contributed by atoms with van der Waals surface area (Å²) < 4.78 is 1.65. The Hall–Kier alpha value is -2.43. The van der Waals surface area contributed by atoms with Crippen LogP contribution in [0.1, 0.15) is 6.92 Å². The number of hydrogen-bond acceptors (Lipinski definition) is 7. The molecule has 0 fully saturated rings. The molecule has 0 N–H and O–H groups in total. The van der Waals surface area contributed by atoms with Gasteiger partial charge in [-0.05, 0) is 37.3 Å². The summed E-state index contributed by atoms with van der Waals surface area (Å²) in [5.41, 5.74) is 2.63. The lowest BCUT2D eigenvalue weighted by molar-refractivity contribution is -0.868. The molecule has 0 saturated heterocycles. The molecule has 2 aromatic carbocycles. The monoisotopic (exact) mass is 492 g/mol. The van der Waals surface area contributed by atoms with Crippen LogP contribution in [0.15, 0.2) is 52.7 Å². The smallest absolute Gasteiger partial charge is 0.270 e. The van der Waals surface area contributed by atoms with Crippen LogP contribution in [0.5, 0.6) is 0 Å². The summed E-state index contributed by atoms with van der Waals surface area (Å²) in [6.07, 6.45) is 0. The van der Waals surface area contributed by atoms with Crippen LogP contribution in [0.25, 0.3) is 10.2 Å². The second kappa shape index (κ2) is 10.1. The maximum absolute atomic E-state index is 10.9. The second-order valence-corrected chi connectivity index (χ2v) is 8.72. The molecule has 0 saturated carbocycles. The van der Waals surface area contributed by atoms with E-state index in [4.69, 9.17) is 0 Å². The number of halogens is 1. The number of non-ortho nitro benzene ring substituents is 1. The van der Waals surface area contributed by atoms with Gasteiger partial charge in [0.05, 0.1) is 55.1 Å². The van der Waals surface area contributed by atoms with E-state index < -0.39 is 4.92 Å². The highest BCUT2D eigenvalue weighted by molar-refractivity contribution is 7.21. The number of nitrogens with zero attached hydrogens (tertiary/aromatic N) is 6. The van der Waals surface area contributed by atoms with Gasteiger partial charge in [0.15, 0.2) is 0 Å². The summed E-state index contributed by atoms with van der Waals surface area (Å²) in [7, 11) is 6.58. The van der Waals surface area contributed by atoms with Gasteiger partial charge in [-0.15, -0.1) is 10.2 Å². The van der Waals surface area contributed by atoms with Crippen molar-refractivity contribution in [1.29, 1.82) is 0 Å². The van der Waals surface area contributed by atoms with Crippen LogP contribution >= 0.6 is 11.3 Å². The molecule has 0 aliphatic heterocycles. The summed E-state index contributed by atoms with van der Waals surface area (Å²) in [6, 6.07) is 12.6. The van der Waals surface area contributed by atoms with Gasteiger partial charge in [-0.3, -0.25) is 10.1 Å². The quantitative estimate of drug-likeness (QED) is 0.208. The first-order valence-corrected chi connectivity index (χ1v) is 10.2. The van der Waals surface area contributed by atoms with Crippen molar-refractivity contribution in [3.63, 3.8) is 0 Å². The number of nitro groups is 1. The van der Waals surface area contributed by atoms with Crippen LogP contribution in [-0.4, -0.2) is 55.2 Å². The Morgan fingerprint density at radius 3 is 2.43 bits per heavy atom. The fraction of sp³-hybridized carbons (Fsp3) is 0.350. The highest BCUT2D eigenvalue weighted by atomic mass is 79.9. The average molecular weight is 493 g/mol. The molecule has 0 aliphatic rings. The number of benzene rings is 2.